The Morgan fingerprint density at radius 2 is 2.07 bits per heavy atom. The monoisotopic (exact) mass is 424 g/mol. The van der Waals surface area contributed by atoms with Crippen molar-refractivity contribution in [2.45, 2.75) is 37.2 Å². The van der Waals surface area contributed by atoms with Crippen molar-refractivity contribution in [1.82, 2.24) is 5.48 Å². The number of amides is 2. The second-order valence-corrected chi connectivity index (χ2v) is 9.40. The molecule has 0 radical (unpaired) electrons. The van der Waals surface area contributed by atoms with E-state index in [1.165, 1.54) is 17.3 Å². The van der Waals surface area contributed by atoms with Crippen LogP contribution in [0.4, 0.5) is 10.5 Å². The van der Waals surface area contributed by atoms with Crippen LogP contribution in [-0.4, -0.2) is 62.5 Å². The molecule has 29 heavy (non-hydrogen) atoms. The van der Waals surface area contributed by atoms with E-state index >= 15 is 0 Å². The zero-order chi connectivity index (χ0) is 21.8. The number of sulfone groups is 1. The molecular weight excluding hydrogens is 400 g/mol. The zero-order valence-electron chi connectivity index (χ0n) is 16.6. The highest BCUT2D eigenvalue weighted by Crippen LogP contribution is 2.30. The van der Waals surface area contributed by atoms with Gasteiger partial charge in [-0.05, 0) is 38.1 Å². The highest BCUT2D eigenvalue weighted by molar-refractivity contribution is 7.92. The number of hydroxylamine groups is 1. The lowest BCUT2D eigenvalue weighted by Crippen LogP contribution is -2.51. The summed E-state index contributed by atoms with van der Waals surface area (Å²) in [6.07, 6.45) is -1.10. The van der Waals surface area contributed by atoms with E-state index in [1.807, 2.05) is 6.92 Å². The van der Waals surface area contributed by atoms with Crippen molar-refractivity contribution in [1.29, 1.82) is 0 Å². The molecule has 1 unspecified atom stereocenters. The van der Waals surface area contributed by atoms with Crippen LogP contribution in [0.25, 0.3) is 0 Å². The normalized spacial score (nSPS) is 19.6. The lowest BCUT2D eigenvalue weighted by Gasteiger charge is -2.26. The minimum absolute atomic E-state index is 0.0639. The Balaban J connectivity index is 2.15. The first kappa shape index (κ1) is 22.7. The van der Waals surface area contributed by atoms with Crippen molar-refractivity contribution in [2.75, 3.05) is 24.8 Å². The molecule has 1 heterocycles. The smallest absolute Gasteiger partial charge is 0.414 e. The molecule has 1 fully saturated rings. The van der Waals surface area contributed by atoms with Crippen molar-refractivity contribution in [2.24, 2.45) is 0 Å². The molecule has 3 atom stereocenters. The van der Waals surface area contributed by atoms with Gasteiger partial charge in [-0.25, -0.2) is 18.7 Å². The summed E-state index contributed by atoms with van der Waals surface area (Å²) >= 11 is 0. The number of nitrogens with zero attached hydrogens (tertiary/aromatic N) is 1. The summed E-state index contributed by atoms with van der Waals surface area (Å²) in [4.78, 5) is 25.6. The number of hydrogen-bond acceptors (Lipinski definition) is 7. The summed E-state index contributed by atoms with van der Waals surface area (Å²) in [6.45, 7) is 3.07. The molecule has 1 aliphatic heterocycles. The third-order valence-corrected chi connectivity index (χ3v) is 6.83. The second kappa shape index (κ2) is 8.82. The van der Waals surface area contributed by atoms with Gasteiger partial charge in [0.25, 0.3) is 5.91 Å². The Labute approximate surface area is 169 Å². The lowest BCUT2D eigenvalue weighted by molar-refractivity contribution is -0.132. The molecule has 9 nitrogen and oxygen atoms in total. The van der Waals surface area contributed by atoms with E-state index in [1.54, 1.807) is 31.4 Å². The predicted octanol–water partition coefficient (Wildman–Crippen LogP) is 1.10. The number of carbonyl (C=O) groups is 2. The van der Waals surface area contributed by atoms with Gasteiger partial charge in [0.2, 0.25) is 0 Å². The first-order valence-electron chi connectivity index (χ1n) is 8.78. The summed E-state index contributed by atoms with van der Waals surface area (Å²) in [5.74, 6) is 4.79. The number of methoxy groups -OCH3 is 1. The molecule has 1 aromatic rings. The average molecular weight is 424 g/mol. The molecule has 2 rings (SSSR count). The van der Waals surface area contributed by atoms with Gasteiger partial charge >= 0.3 is 6.09 Å². The number of ether oxygens (including phenoxy) is 2. The maximum Gasteiger partial charge on any atom is 0.414 e. The molecule has 0 aliphatic carbocycles. The highest BCUT2D eigenvalue weighted by atomic mass is 32.2. The molecule has 0 spiro atoms. The van der Waals surface area contributed by atoms with Crippen molar-refractivity contribution < 1.29 is 32.7 Å². The fraction of sp³-hybridized carbons (Fsp3) is 0.474. The summed E-state index contributed by atoms with van der Waals surface area (Å²) < 4.78 is 32.6. The highest BCUT2D eigenvalue weighted by Gasteiger charge is 2.48. The zero-order valence-corrected chi connectivity index (χ0v) is 17.4. The standard InChI is InChI=1S/C19H24N2O7S/c1-13(27-3)5-6-14-7-9-15(10-8-14)21-12-16(28-18(21)23)11-19(2,17(22)20-24)29(4,25)26/h7-10,13,16,24H,11-12H2,1-4H3,(H,20,22)/t13?,16-,19+/m0/s1. The van der Waals surface area contributed by atoms with Crippen LogP contribution in [0.1, 0.15) is 25.8 Å². The Morgan fingerprint density at radius 1 is 1.45 bits per heavy atom. The minimum Gasteiger partial charge on any atom is -0.444 e. The van der Waals surface area contributed by atoms with E-state index in [0.29, 0.717) is 5.69 Å². The van der Waals surface area contributed by atoms with E-state index in [0.717, 1.165) is 11.8 Å². The Kier molecular flexibility index (Phi) is 6.89. The molecule has 1 aliphatic rings. The summed E-state index contributed by atoms with van der Waals surface area (Å²) in [6, 6.07) is 6.87. The van der Waals surface area contributed by atoms with E-state index < -0.39 is 32.7 Å². The van der Waals surface area contributed by atoms with Crippen molar-refractivity contribution >= 4 is 27.5 Å². The maximum atomic E-state index is 12.3. The number of benzene rings is 1. The molecule has 1 saturated heterocycles. The Bertz CT molecular complexity index is 934. The minimum atomic E-state index is -3.89. The predicted molar refractivity (Wildman–Crippen MR) is 105 cm³/mol. The van der Waals surface area contributed by atoms with Gasteiger partial charge in [-0.15, -0.1) is 0 Å². The van der Waals surface area contributed by atoms with Crippen LogP contribution in [0.5, 0.6) is 0 Å². The van der Waals surface area contributed by atoms with E-state index in [-0.39, 0.29) is 19.1 Å². The first-order chi connectivity index (χ1) is 13.5. The molecule has 2 N–H and O–H groups in total. The number of rotatable bonds is 6. The summed E-state index contributed by atoms with van der Waals surface area (Å²) in [5.41, 5.74) is 2.67. The average Bonchev–Trinajstić information content (AvgIpc) is 3.04. The van der Waals surface area contributed by atoms with Gasteiger partial charge < -0.3 is 9.47 Å². The van der Waals surface area contributed by atoms with Crippen molar-refractivity contribution in [3.8, 4) is 11.8 Å². The Hall–Kier alpha value is -2.61. The van der Waals surface area contributed by atoms with Gasteiger partial charge in [-0.1, -0.05) is 11.8 Å². The molecule has 2 amide bonds. The molecule has 0 aromatic heterocycles. The van der Waals surface area contributed by atoms with Gasteiger partial charge in [-0.2, -0.15) is 0 Å². The van der Waals surface area contributed by atoms with Crippen LogP contribution >= 0.6 is 0 Å². The van der Waals surface area contributed by atoms with Gasteiger partial charge in [-0.3, -0.25) is 14.9 Å². The Morgan fingerprint density at radius 3 is 2.59 bits per heavy atom. The molecule has 10 heteroatoms. The first-order valence-corrected chi connectivity index (χ1v) is 10.7. The van der Waals surface area contributed by atoms with Crippen molar-refractivity contribution in [3.63, 3.8) is 0 Å². The lowest BCUT2D eigenvalue weighted by atomic mass is 10.0. The van der Waals surface area contributed by atoms with Gasteiger partial charge in [0.1, 0.15) is 12.2 Å². The fourth-order valence-electron chi connectivity index (χ4n) is 2.77. The number of hydrogen-bond donors (Lipinski definition) is 2. The van der Waals surface area contributed by atoms with Gasteiger partial charge in [0, 0.05) is 31.0 Å². The van der Waals surface area contributed by atoms with Crippen LogP contribution in [0.15, 0.2) is 24.3 Å². The molecule has 0 saturated carbocycles. The quantitative estimate of drug-likeness (QED) is 0.398. The number of cyclic esters (lactones) is 1. The number of anilines is 1. The third-order valence-electron chi connectivity index (χ3n) is 4.84. The van der Waals surface area contributed by atoms with Crippen LogP contribution in [0.3, 0.4) is 0 Å². The third kappa shape index (κ3) is 5.06. The van der Waals surface area contributed by atoms with E-state index in [9.17, 15) is 18.0 Å². The van der Waals surface area contributed by atoms with Crippen molar-refractivity contribution in [3.05, 3.63) is 29.8 Å². The fourth-order valence-corrected chi connectivity index (χ4v) is 3.64. The summed E-state index contributed by atoms with van der Waals surface area (Å²) in [7, 11) is -2.33. The van der Waals surface area contributed by atoms with Crippen LogP contribution in [-0.2, 0) is 24.1 Å². The molecule has 0 bridgehead atoms. The van der Waals surface area contributed by atoms with Gasteiger partial charge in [0.15, 0.2) is 14.6 Å². The van der Waals surface area contributed by atoms with E-state index in [4.69, 9.17) is 14.7 Å². The largest absolute Gasteiger partial charge is 0.444 e. The van der Waals surface area contributed by atoms with Crippen LogP contribution in [0.2, 0.25) is 0 Å². The van der Waals surface area contributed by atoms with Crippen LogP contribution in [0, 0.1) is 11.8 Å². The SMILES string of the molecule is COC(C)C#Cc1ccc(N2C[C@H](C[C@](C)(C(=O)NO)S(C)(=O)=O)OC2=O)cc1. The van der Waals surface area contributed by atoms with Gasteiger partial charge in [0.05, 0.1) is 6.54 Å². The number of nitrogens with one attached hydrogen (secondary N) is 1. The molecule has 1 aromatic carbocycles. The summed E-state index contributed by atoms with van der Waals surface area (Å²) in [5, 5.41) is 8.91. The topological polar surface area (TPSA) is 122 Å². The molecular formula is C19H24N2O7S. The molecule has 158 valence electrons. The maximum absolute atomic E-state index is 12.3. The number of carbonyl (C=O) groups excluding carboxylic acids is 2. The van der Waals surface area contributed by atoms with E-state index in [2.05, 4.69) is 11.8 Å². The second-order valence-electron chi connectivity index (χ2n) is 6.96. The van der Waals surface area contributed by atoms with Crippen LogP contribution < -0.4 is 10.4 Å².